The predicted molar refractivity (Wildman–Crippen MR) is 124 cm³/mol. The average Bonchev–Trinajstić information content (AvgIpc) is 2.79. The minimum Gasteiger partial charge on any atom is -0.497 e. The highest BCUT2D eigenvalue weighted by Gasteiger charge is 2.35. The Morgan fingerprint density at radius 1 is 1.18 bits per heavy atom. The highest BCUT2D eigenvalue weighted by Crippen LogP contribution is 2.31. The van der Waals surface area contributed by atoms with Gasteiger partial charge < -0.3 is 20.7 Å². The first-order valence-electron chi connectivity index (χ1n) is 10.2. The van der Waals surface area contributed by atoms with Crippen LogP contribution in [0.3, 0.4) is 0 Å². The summed E-state index contributed by atoms with van der Waals surface area (Å²) in [5.41, 5.74) is 0.463. The molecule has 34 heavy (non-hydrogen) atoms. The lowest BCUT2D eigenvalue weighted by molar-refractivity contribution is -0.385. The van der Waals surface area contributed by atoms with E-state index in [2.05, 4.69) is 25.9 Å². The topological polar surface area (TPSA) is 168 Å². The number of aromatic amines is 1. The minimum atomic E-state index is -1.13. The zero-order valence-corrected chi connectivity index (χ0v) is 18.2. The molecule has 0 bridgehead atoms. The Labute approximate surface area is 192 Å². The number of rotatable bonds is 6. The van der Waals surface area contributed by atoms with Gasteiger partial charge in [0.25, 0.3) is 11.2 Å². The van der Waals surface area contributed by atoms with Gasteiger partial charge in [-0.15, -0.1) is 0 Å². The van der Waals surface area contributed by atoms with E-state index in [0.717, 1.165) is 0 Å². The van der Waals surface area contributed by atoms with Crippen LogP contribution in [0.1, 0.15) is 23.5 Å². The average molecular weight is 464 g/mol. The third-order valence-electron chi connectivity index (χ3n) is 5.29. The summed E-state index contributed by atoms with van der Waals surface area (Å²) in [6.45, 7) is 1.58. The van der Waals surface area contributed by atoms with Crippen LogP contribution in [-0.4, -0.2) is 33.8 Å². The first kappa shape index (κ1) is 22.5. The Balaban J connectivity index is 1.61. The molecule has 1 aliphatic rings. The smallest absolute Gasteiger partial charge is 0.274 e. The van der Waals surface area contributed by atoms with Crippen molar-refractivity contribution in [2.24, 2.45) is 0 Å². The van der Waals surface area contributed by atoms with E-state index < -0.39 is 28.2 Å². The SMILES string of the molecule is COc1ccc(Nc2nc3c(c(=O)[nH]2)[C@H](C(=O)Nc2ccc(C)c([N+](=O)[O-])c2)CC(=O)N3)cc1. The maximum atomic E-state index is 13.0. The molecule has 2 aromatic carbocycles. The van der Waals surface area contributed by atoms with Crippen LogP contribution in [0.15, 0.2) is 47.3 Å². The molecule has 0 fully saturated rings. The van der Waals surface area contributed by atoms with Crippen LogP contribution in [0.25, 0.3) is 0 Å². The maximum absolute atomic E-state index is 13.0. The van der Waals surface area contributed by atoms with Crippen molar-refractivity contribution in [1.29, 1.82) is 0 Å². The number of benzene rings is 2. The van der Waals surface area contributed by atoms with Crippen LogP contribution in [0.5, 0.6) is 5.75 Å². The molecule has 0 saturated carbocycles. The number of nitrogens with zero attached hydrogens (tertiary/aromatic N) is 2. The predicted octanol–water partition coefficient (Wildman–Crippen LogP) is 2.80. The Kier molecular flexibility index (Phi) is 5.95. The van der Waals surface area contributed by atoms with Crippen molar-refractivity contribution in [3.05, 3.63) is 74.1 Å². The molecule has 2 heterocycles. The number of anilines is 4. The van der Waals surface area contributed by atoms with Gasteiger partial charge in [0.05, 0.1) is 23.5 Å². The monoisotopic (exact) mass is 464 g/mol. The van der Waals surface area contributed by atoms with E-state index in [4.69, 9.17) is 4.74 Å². The zero-order valence-electron chi connectivity index (χ0n) is 18.2. The van der Waals surface area contributed by atoms with Crippen LogP contribution in [0.2, 0.25) is 0 Å². The Hall–Kier alpha value is -4.74. The van der Waals surface area contributed by atoms with E-state index in [1.807, 2.05) is 0 Å². The molecule has 0 aliphatic carbocycles. The van der Waals surface area contributed by atoms with Crippen molar-refractivity contribution in [3.8, 4) is 5.75 Å². The number of nitro groups is 1. The van der Waals surface area contributed by atoms with Crippen molar-refractivity contribution in [1.82, 2.24) is 9.97 Å². The summed E-state index contributed by atoms with van der Waals surface area (Å²) >= 11 is 0. The van der Waals surface area contributed by atoms with E-state index in [0.29, 0.717) is 17.0 Å². The highest BCUT2D eigenvalue weighted by molar-refractivity contribution is 6.04. The highest BCUT2D eigenvalue weighted by atomic mass is 16.6. The molecule has 0 saturated heterocycles. The number of carbonyl (C=O) groups is 2. The van der Waals surface area contributed by atoms with Gasteiger partial charge in [-0.3, -0.25) is 29.5 Å². The van der Waals surface area contributed by atoms with E-state index in [1.54, 1.807) is 38.3 Å². The Morgan fingerprint density at radius 2 is 1.88 bits per heavy atom. The summed E-state index contributed by atoms with van der Waals surface area (Å²) in [5, 5.41) is 19.2. The second-order valence-corrected chi connectivity index (χ2v) is 7.58. The fourth-order valence-corrected chi connectivity index (χ4v) is 3.58. The molecule has 0 unspecified atom stereocenters. The van der Waals surface area contributed by atoms with E-state index in [1.165, 1.54) is 18.2 Å². The van der Waals surface area contributed by atoms with Gasteiger partial charge in [0, 0.05) is 29.4 Å². The molecule has 2 amide bonds. The van der Waals surface area contributed by atoms with Gasteiger partial charge in [-0.25, -0.2) is 0 Å². The van der Waals surface area contributed by atoms with Crippen molar-refractivity contribution >= 4 is 40.6 Å². The number of hydrogen-bond acceptors (Lipinski definition) is 8. The molecule has 0 radical (unpaired) electrons. The summed E-state index contributed by atoms with van der Waals surface area (Å²) in [6.07, 6.45) is -0.275. The summed E-state index contributed by atoms with van der Waals surface area (Å²) in [4.78, 5) is 55.5. The van der Waals surface area contributed by atoms with E-state index >= 15 is 0 Å². The van der Waals surface area contributed by atoms with E-state index in [-0.39, 0.29) is 35.1 Å². The van der Waals surface area contributed by atoms with Crippen LogP contribution < -0.4 is 26.2 Å². The van der Waals surface area contributed by atoms with Crippen molar-refractivity contribution in [2.45, 2.75) is 19.3 Å². The molecule has 1 aliphatic heterocycles. The first-order valence-corrected chi connectivity index (χ1v) is 10.2. The molecule has 4 rings (SSSR count). The largest absolute Gasteiger partial charge is 0.497 e. The first-order chi connectivity index (χ1) is 16.2. The number of nitrogens with one attached hydrogen (secondary N) is 4. The fourth-order valence-electron chi connectivity index (χ4n) is 3.58. The number of hydrogen-bond donors (Lipinski definition) is 4. The number of carbonyl (C=O) groups excluding carboxylic acids is 2. The van der Waals surface area contributed by atoms with Gasteiger partial charge in [-0.1, -0.05) is 6.07 Å². The van der Waals surface area contributed by atoms with Gasteiger partial charge in [0.15, 0.2) is 0 Å². The number of fused-ring (bicyclic) bond motifs is 1. The second-order valence-electron chi connectivity index (χ2n) is 7.58. The maximum Gasteiger partial charge on any atom is 0.274 e. The molecule has 1 aromatic heterocycles. The zero-order chi connectivity index (χ0) is 24.4. The van der Waals surface area contributed by atoms with Crippen LogP contribution >= 0.6 is 0 Å². The second kappa shape index (κ2) is 9.02. The standard InChI is InChI=1S/C22H20N6O6/c1-11-3-4-13(9-16(11)28(32)33)23-20(30)15-10-17(29)25-19-18(15)21(31)27-22(26-19)24-12-5-7-14(34-2)8-6-12/h3-9,15H,10H2,1-2H3,(H,23,30)(H3,24,25,26,27,29,31)/t15-/m1/s1. The number of methoxy groups -OCH3 is 1. The third-order valence-corrected chi connectivity index (χ3v) is 5.29. The lowest BCUT2D eigenvalue weighted by Gasteiger charge is -2.23. The fraction of sp³-hybridized carbons (Fsp3) is 0.182. The molecule has 12 nitrogen and oxygen atoms in total. The Bertz CT molecular complexity index is 1350. The van der Waals surface area contributed by atoms with Crippen LogP contribution in [0.4, 0.5) is 28.8 Å². The lowest BCUT2D eigenvalue weighted by atomic mass is 9.92. The normalized spacial score (nSPS) is 14.5. The molecule has 3 aromatic rings. The molecule has 0 spiro atoms. The summed E-state index contributed by atoms with van der Waals surface area (Å²) < 4.78 is 5.11. The lowest BCUT2D eigenvalue weighted by Crippen LogP contribution is -2.36. The number of H-pyrrole nitrogens is 1. The molecule has 174 valence electrons. The molecular formula is C22H20N6O6. The van der Waals surface area contributed by atoms with Crippen LogP contribution in [-0.2, 0) is 9.59 Å². The minimum absolute atomic E-state index is 0.000933. The summed E-state index contributed by atoms with van der Waals surface area (Å²) in [5.74, 6) is -1.59. The van der Waals surface area contributed by atoms with Crippen LogP contribution in [0, 0.1) is 17.0 Å². The number of amides is 2. The van der Waals surface area contributed by atoms with Crippen molar-refractivity contribution in [3.63, 3.8) is 0 Å². The van der Waals surface area contributed by atoms with Crippen molar-refractivity contribution in [2.75, 3.05) is 23.1 Å². The Morgan fingerprint density at radius 3 is 2.56 bits per heavy atom. The van der Waals surface area contributed by atoms with E-state index in [9.17, 15) is 24.5 Å². The van der Waals surface area contributed by atoms with Gasteiger partial charge >= 0.3 is 0 Å². The van der Waals surface area contributed by atoms with Gasteiger partial charge in [-0.2, -0.15) is 4.98 Å². The molecular weight excluding hydrogens is 444 g/mol. The van der Waals surface area contributed by atoms with Gasteiger partial charge in [0.1, 0.15) is 11.6 Å². The molecule has 1 atom stereocenters. The van der Waals surface area contributed by atoms with Gasteiger partial charge in [-0.05, 0) is 37.3 Å². The number of aryl methyl sites for hydroxylation is 1. The number of nitro benzene ring substituents is 1. The number of aromatic nitrogens is 2. The summed E-state index contributed by atoms with van der Waals surface area (Å²) in [6, 6.07) is 11.1. The molecule has 12 heteroatoms. The quantitative estimate of drug-likeness (QED) is 0.319. The van der Waals surface area contributed by atoms with Crippen molar-refractivity contribution < 1.29 is 19.2 Å². The van der Waals surface area contributed by atoms with Gasteiger partial charge in [0.2, 0.25) is 17.8 Å². The molecule has 4 N–H and O–H groups in total. The summed E-state index contributed by atoms with van der Waals surface area (Å²) in [7, 11) is 1.54. The number of ether oxygens (including phenoxy) is 1. The third kappa shape index (κ3) is 4.55.